The molecule has 0 spiro atoms. The van der Waals surface area contributed by atoms with Gasteiger partial charge in [0.2, 0.25) is 0 Å². The highest BCUT2D eigenvalue weighted by Crippen LogP contribution is 2.23. The van der Waals surface area contributed by atoms with Crippen molar-refractivity contribution in [1.82, 2.24) is 0 Å². The third-order valence-corrected chi connectivity index (χ3v) is 4.82. The first-order valence-electron chi connectivity index (χ1n) is 6.99. The molecule has 0 radical (unpaired) electrons. The molecule has 2 unspecified atom stereocenters. The zero-order valence-electron chi connectivity index (χ0n) is 12.8. The summed E-state index contributed by atoms with van der Waals surface area (Å²) in [5, 5.41) is 0. The second-order valence-corrected chi connectivity index (χ2v) is 7.53. The summed E-state index contributed by atoms with van der Waals surface area (Å²) < 4.78 is 12.1. The number of aryl methyl sites for hydroxylation is 3. The maximum absolute atomic E-state index is 12.1. The van der Waals surface area contributed by atoms with Crippen LogP contribution in [0, 0.1) is 26.7 Å². The van der Waals surface area contributed by atoms with Gasteiger partial charge in [-0.1, -0.05) is 31.5 Å². The topological polar surface area (TPSA) is 43.1 Å². The first-order valence-corrected chi connectivity index (χ1v) is 8.48. The molecular weight excluding hydrogens is 254 g/mol. The zero-order chi connectivity index (χ0) is 14.6. The monoisotopic (exact) mass is 281 g/mol. The number of hydrogen-bond acceptors (Lipinski definition) is 2. The molecule has 0 saturated carbocycles. The van der Waals surface area contributed by atoms with E-state index in [1.165, 1.54) is 22.3 Å². The molecule has 0 bridgehead atoms. The van der Waals surface area contributed by atoms with Crippen LogP contribution in [-0.4, -0.2) is 15.7 Å². The highest BCUT2D eigenvalue weighted by atomic mass is 32.2. The van der Waals surface area contributed by atoms with Crippen molar-refractivity contribution in [3.05, 3.63) is 34.4 Å². The Hall–Kier alpha value is -0.670. The van der Waals surface area contributed by atoms with Crippen LogP contribution >= 0.6 is 0 Å². The molecule has 2 N–H and O–H groups in total. The van der Waals surface area contributed by atoms with Gasteiger partial charge in [0.15, 0.2) is 0 Å². The fourth-order valence-electron chi connectivity index (χ4n) is 2.51. The fourth-order valence-corrected chi connectivity index (χ4v) is 3.98. The molecule has 1 rings (SSSR count). The Labute approximate surface area is 120 Å². The molecule has 0 heterocycles. The number of hydrogen-bond donors (Lipinski definition) is 1. The lowest BCUT2D eigenvalue weighted by molar-refractivity contribution is 0.617. The van der Waals surface area contributed by atoms with Crippen LogP contribution in [0.25, 0.3) is 0 Å². The van der Waals surface area contributed by atoms with Crippen LogP contribution in [0.5, 0.6) is 0 Å². The summed E-state index contributed by atoms with van der Waals surface area (Å²) in [6.45, 7) is 10.6. The molecule has 0 amide bonds. The van der Waals surface area contributed by atoms with E-state index in [2.05, 4.69) is 46.8 Å². The average Bonchev–Trinajstić information content (AvgIpc) is 2.24. The van der Waals surface area contributed by atoms with E-state index in [0.717, 1.165) is 12.2 Å². The lowest BCUT2D eigenvalue weighted by Crippen LogP contribution is -2.22. The molecule has 19 heavy (non-hydrogen) atoms. The molecule has 3 heteroatoms. The lowest BCUT2D eigenvalue weighted by atomic mass is 9.95. The van der Waals surface area contributed by atoms with Gasteiger partial charge in [-0.3, -0.25) is 4.21 Å². The van der Waals surface area contributed by atoms with Crippen LogP contribution in [0.1, 0.15) is 48.6 Å². The van der Waals surface area contributed by atoms with Crippen LogP contribution in [-0.2, 0) is 10.8 Å². The summed E-state index contributed by atoms with van der Waals surface area (Å²) in [6, 6.07) is 4.19. The van der Waals surface area contributed by atoms with Crippen molar-refractivity contribution in [3.63, 3.8) is 0 Å². The first kappa shape index (κ1) is 16.4. The van der Waals surface area contributed by atoms with Gasteiger partial charge in [-0.05, 0) is 49.8 Å². The Morgan fingerprint density at radius 2 is 1.68 bits per heavy atom. The van der Waals surface area contributed by atoms with E-state index in [1.54, 1.807) is 0 Å². The highest BCUT2D eigenvalue weighted by Gasteiger charge is 2.15. The normalized spacial score (nSPS) is 14.7. The third kappa shape index (κ3) is 5.07. The molecule has 0 fully saturated rings. The van der Waals surface area contributed by atoms with Crippen LogP contribution in [0.2, 0.25) is 0 Å². The Bertz CT molecular complexity index is 431. The fraction of sp³-hybridized carbons (Fsp3) is 0.625. The van der Waals surface area contributed by atoms with Crippen molar-refractivity contribution >= 4 is 10.8 Å². The minimum absolute atomic E-state index is 0.117. The minimum atomic E-state index is -0.818. The van der Waals surface area contributed by atoms with E-state index >= 15 is 0 Å². The molecule has 0 aliphatic carbocycles. The molecule has 0 saturated heterocycles. The lowest BCUT2D eigenvalue weighted by Gasteiger charge is -2.18. The molecule has 0 aromatic heterocycles. The molecule has 2 nitrogen and oxygen atoms in total. The molecule has 0 aliphatic rings. The average molecular weight is 281 g/mol. The van der Waals surface area contributed by atoms with Gasteiger partial charge in [0.1, 0.15) is 0 Å². The van der Waals surface area contributed by atoms with Gasteiger partial charge in [-0.15, -0.1) is 0 Å². The van der Waals surface area contributed by atoms with Crippen LogP contribution in [0.15, 0.2) is 12.1 Å². The van der Waals surface area contributed by atoms with E-state index in [9.17, 15) is 4.21 Å². The van der Waals surface area contributed by atoms with Crippen LogP contribution in [0.3, 0.4) is 0 Å². The number of nitrogens with two attached hydrogens (primary N) is 1. The summed E-state index contributed by atoms with van der Waals surface area (Å²) in [4.78, 5) is 0. The Balaban J connectivity index is 2.73. The third-order valence-electron chi connectivity index (χ3n) is 3.40. The summed E-state index contributed by atoms with van der Waals surface area (Å²) in [5.74, 6) is 1.93. The molecular formula is C16H27NOS. The van der Waals surface area contributed by atoms with Gasteiger partial charge in [-0.25, -0.2) is 0 Å². The van der Waals surface area contributed by atoms with E-state index in [-0.39, 0.29) is 6.04 Å². The van der Waals surface area contributed by atoms with Gasteiger partial charge < -0.3 is 5.73 Å². The summed E-state index contributed by atoms with van der Waals surface area (Å²) in [7, 11) is -0.818. The Kier molecular flexibility index (Phi) is 6.21. The predicted octanol–water partition coefficient (Wildman–Crippen LogP) is 3.41. The van der Waals surface area contributed by atoms with E-state index in [0.29, 0.717) is 11.7 Å². The molecule has 108 valence electrons. The first-order chi connectivity index (χ1) is 8.81. The quantitative estimate of drug-likeness (QED) is 0.868. The molecule has 1 aromatic carbocycles. The summed E-state index contributed by atoms with van der Waals surface area (Å²) in [5.41, 5.74) is 11.1. The second kappa shape index (κ2) is 7.20. The maximum atomic E-state index is 12.1. The largest absolute Gasteiger partial charge is 0.323 e. The summed E-state index contributed by atoms with van der Waals surface area (Å²) >= 11 is 0. The number of benzene rings is 1. The van der Waals surface area contributed by atoms with Gasteiger partial charge >= 0.3 is 0 Å². The van der Waals surface area contributed by atoms with E-state index in [1.807, 2.05) is 0 Å². The van der Waals surface area contributed by atoms with Crippen molar-refractivity contribution < 1.29 is 4.21 Å². The van der Waals surface area contributed by atoms with E-state index < -0.39 is 10.8 Å². The number of rotatable bonds is 6. The van der Waals surface area contributed by atoms with Crippen molar-refractivity contribution in [2.24, 2.45) is 11.7 Å². The summed E-state index contributed by atoms with van der Waals surface area (Å²) in [6.07, 6.45) is 1.01. The van der Waals surface area contributed by atoms with Crippen LogP contribution in [0.4, 0.5) is 0 Å². The second-order valence-electron chi connectivity index (χ2n) is 5.91. The smallest absolute Gasteiger partial charge is 0.0428 e. The van der Waals surface area contributed by atoms with Crippen molar-refractivity contribution in [1.29, 1.82) is 0 Å². The Morgan fingerprint density at radius 3 is 2.16 bits per heavy atom. The molecule has 0 aliphatic heterocycles. The molecule has 2 atom stereocenters. The minimum Gasteiger partial charge on any atom is -0.323 e. The standard InChI is InChI=1S/C16H27NOS/c1-11(2)6-7-19(18)10-15(17)16-13(4)8-12(3)9-14(16)5/h8-9,11,15H,6-7,10,17H2,1-5H3. The zero-order valence-corrected chi connectivity index (χ0v) is 13.6. The van der Waals surface area contributed by atoms with Gasteiger partial charge in [0, 0.05) is 28.3 Å². The maximum Gasteiger partial charge on any atom is 0.0428 e. The van der Waals surface area contributed by atoms with Crippen LogP contribution < -0.4 is 5.73 Å². The molecule has 1 aromatic rings. The predicted molar refractivity (Wildman–Crippen MR) is 84.9 cm³/mol. The van der Waals surface area contributed by atoms with Crippen molar-refractivity contribution in [3.8, 4) is 0 Å². The van der Waals surface area contributed by atoms with E-state index in [4.69, 9.17) is 5.73 Å². The van der Waals surface area contributed by atoms with Crippen molar-refractivity contribution in [2.45, 2.75) is 47.1 Å². The van der Waals surface area contributed by atoms with Gasteiger partial charge in [0.05, 0.1) is 0 Å². The van der Waals surface area contributed by atoms with Gasteiger partial charge in [0.25, 0.3) is 0 Å². The Morgan fingerprint density at radius 1 is 1.16 bits per heavy atom. The SMILES string of the molecule is Cc1cc(C)c(C(N)CS(=O)CCC(C)C)c(C)c1. The van der Waals surface area contributed by atoms with Crippen molar-refractivity contribution in [2.75, 3.05) is 11.5 Å². The van der Waals surface area contributed by atoms with Gasteiger partial charge in [-0.2, -0.15) is 0 Å². The highest BCUT2D eigenvalue weighted by molar-refractivity contribution is 7.85.